The highest BCUT2D eigenvalue weighted by Crippen LogP contribution is 2.36. The van der Waals surface area contributed by atoms with Crippen LogP contribution in [0, 0.1) is 11.3 Å². The van der Waals surface area contributed by atoms with E-state index in [2.05, 4.69) is 11.0 Å². The van der Waals surface area contributed by atoms with Crippen molar-refractivity contribution in [1.82, 2.24) is 9.96 Å². The van der Waals surface area contributed by atoms with Gasteiger partial charge in [0.05, 0.1) is 18.1 Å². The number of likely N-dealkylation sites (tertiary alicyclic amines) is 1. The summed E-state index contributed by atoms with van der Waals surface area (Å²) in [6, 6.07) is 9.86. The van der Waals surface area contributed by atoms with E-state index >= 15 is 0 Å². The van der Waals surface area contributed by atoms with Crippen molar-refractivity contribution in [3.8, 4) is 6.07 Å². The zero-order valence-corrected chi connectivity index (χ0v) is 12.2. The van der Waals surface area contributed by atoms with Gasteiger partial charge in [0.15, 0.2) is 0 Å². The van der Waals surface area contributed by atoms with Gasteiger partial charge < -0.3 is 0 Å². The zero-order valence-electron chi connectivity index (χ0n) is 12.2. The molecule has 0 unspecified atom stereocenters. The standard InChI is InChI=1S/C16H19N3O2/c1-18-15(20)10-16(21-18)6-8-19(9-7-16)12-14-4-2-13(11-17)3-5-14/h2-5H,6-10,12H2,1H3. The monoisotopic (exact) mass is 285 g/mol. The first-order chi connectivity index (χ1) is 10.1. The summed E-state index contributed by atoms with van der Waals surface area (Å²) in [6.45, 7) is 2.74. The van der Waals surface area contributed by atoms with Gasteiger partial charge in [0.1, 0.15) is 5.60 Å². The zero-order chi connectivity index (χ0) is 14.9. The van der Waals surface area contributed by atoms with Gasteiger partial charge in [-0.1, -0.05) is 12.1 Å². The van der Waals surface area contributed by atoms with Crippen molar-refractivity contribution in [3.63, 3.8) is 0 Å². The first-order valence-electron chi connectivity index (χ1n) is 7.27. The van der Waals surface area contributed by atoms with Crippen LogP contribution in [0.5, 0.6) is 0 Å². The van der Waals surface area contributed by atoms with Crippen molar-refractivity contribution in [2.45, 2.75) is 31.4 Å². The van der Waals surface area contributed by atoms with Gasteiger partial charge in [-0.25, -0.2) is 5.06 Å². The summed E-state index contributed by atoms with van der Waals surface area (Å²) in [7, 11) is 1.69. The highest BCUT2D eigenvalue weighted by atomic mass is 16.7. The largest absolute Gasteiger partial charge is 0.299 e. The molecule has 110 valence electrons. The van der Waals surface area contributed by atoms with Crippen LogP contribution < -0.4 is 0 Å². The van der Waals surface area contributed by atoms with Crippen LogP contribution in [-0.2, 0) is 16.2 Å². The number of nitriles is 1. The molecule has 1 aromatic carbocycles. The van der Waals surface area contributed by atoms with Crippen LogP contribution in [0.3, 0.4) is 0 Å². The molecule has 2 fully saturated rings. The van der Waals surface area contributed by atoms with Gasteiger partial charge in [-0.05, 0) is 30.5 Å². The Morgan fingerprint density at radius 2 is 1.95 bits per heavy atom. The van der Waals surface area contributed by atoms with Gasteiger partial charge in [-0.3, -0.25) is 14.5 Å². The topological polar surface area (TPSA) is 56.6 Å². The summed E-state index contributed by atoms with van der Waals surface area (Å²) in [5, 5.41) is 10.2. The van der Waals surface area contributed by atoms with Gasteiger partial charge in [-0.2, -0.15) is 5.26 Å². The van der Waals surface area contributed by atoms with Crippen LogP contribution in [0.2, 0.25) is 0 Å². The molecule has 1 amide bonds. The second-order valence-electron chi connectivity index (χ2n) is 5.93. The van der Waals surface area contributed by atoms with Crippen molar-refractivity contribution >= 4 is 5.91 Å². The first-order valence-corrected chi connectivity index (χ1v) is 7.27. The lowest BCUT2D eigenvalue weighted by Gasteiger charge is -2.37. The van der Waals surface area contributed by atoms with Crippen molar-refractivity contribution in [3.05, 3.63) is 35.4 Å². The van der Waals surface area contributed by atoms with Gasteiger partial charge in [0, 0.05) is 26.7 Å². The van der Waals surface area contributed by atoms with Gasteiger partial charge >= 0.3 is 0 Å². The lowest BCUT2D eigenvalue weighted by Crippen LogP contribution is -2.44. The molecule has 1 spiro atoms. The van der Waals surface area contributed by atoms with Crippen LogP contribution in [-0.4, -0.2) is 41.6 Å². The molecule has 1 aromatic rings. The Kier molecular flexibility index (Phi) is 3.66. The second kappa shape index (κ2) is 5.47. The molecular formula is C16H19N3O2. The van der Waals surface area contributed by atoms with E-state index in [0.29, 0.717) is 12.0 Å². The number of hydroxylamine groups is 2. The summed E-state index contributed by atoms with van der Waals surface area (Å²) >= 11 is 0. The Morgan fingerprint density at radius 1 is 1.29 bits per heavy atom. The Balaban J connectivity index is 1.56. The van der Waals surface area contributed by atoms with E-state index < -0.39 is 0 Å². The Labute approximate surface area is 124 Å². The number of rotatable bonds is 2. The van der Waals surface area contributed by atoms with Gasteiger partial charge in [0.2, 0.25) is 5.91 Å². The SMILES string of the molecule is CN1OC2(CCN(Cc3ccc(C#N)cc3)CC2)CC1=O. The number of carbonyl (C=O) groups excluding carboxylic acids is 1. The molecule has 2 aliphatic rings. The highest BCUT2D eigenvalue weighted by molar-refractivity contribution is 5.77. The Bertz CT molecular complexity index is 568. The molecule has 5 heteroatoms. The molecule has 2 saturated heterocycles. The maximum atomic E-state index is 11.6. The molecule has 3 rings (SSSR count). The fourth-order valence-electron chi connectivity index (χ4n) is 3.09. The number of carbonyl (C=O) groups is 1. The maximum Gasteiger partial charge on any atom is 0.248 e. The van der Waals surface area contributed by atoms with E-state index in [1.54, 1.807) is 7.05 Å². The number of benzene rings is 1. The second-order valence-corrected chi connectivity index (χ2v) is 5.93. The molecule has 0 N–H and O–H groups in total. The number of nitrogens with zero attached hydrogens (tertiary/aromatic N) is 3. The minimum Gasteiger partial charge on any atom is -0.299 e. The van der Waals surface area contributed by atoms with E-state index in [9.17, 15) is 4.79 Å². The summed E-state index contributed by atoms with van der Waals surface area (Å²) in [5.41, 5.74) is 1.63. The lowest BCUT2D eigenvalue weighted by atomic mass is 9.88. The number of hydrogen-bond donors (Lipinski definition) is 0. The van der Waals surface area contributed by atoms with Crippen molar-refractivity contribution < 1.29 is 9.63 Å². The van der Waals surface area contributed by atoms with Gasteiger partial charge in [-0.15, -0.1) is 0 Å². The van der Waals surface area contributed by atoms with E-state index in [1.807, 2.05) is 24.3 Å². The Morgan fingerprint density at radius 3 is 2.48 bits per heavy atom. The smallest absolute Gasteiger partial charge is 0.248 e. The highest BCUT2D eigenvalue weighted by Gasteiger charge is 2.45. The van der Waals surface area contributed by atoms with Crippen LogP contribution in [0.25, 0.3) is 0 Å². The summed E-state index contributed by atoms with van der Waals surface area (Å²) in [5.74, 6) is 0.0792. The molecule has 0 saturated carbocycles. The Hall–Kier alpha value is -1.90. The minimum atomic E-state index is -0.271. The maximum absolute atomic E-state index is 11.6. The van der Waals surface area contributed by atoms with Crippen LogP contribution >= 0.6 is 0 Å². The van der Waals surface area contributed by atoms with Crippen LogP contribution in [0.1, 0.15) is 30.4 Å². The quantitative estimate of drug-likeness (QED) is 0.829. The fourth-order valence-corrected chi connectivity index (χ4v) is 3.09. The average Bonchev–Trinajstić information content (AvgIpc) is 2.77. The van der Waals surface area contributed by atoms with E-state index in [-0.39, 0.29) is 11.5 Å². The van der Waals surface area contributed by atoms with Crippen molar-refractivity contribution in [2.24, 2.45) is 0 Å². The third-order valence-electron chi connectivity index (χ3n) is 4.41. The normalized spacial score (nSPS) is 21.7. The fraction of sp³-hybridized carbons (Fsp3) is 0.500. The lowest BCUT2D eigenvalue weighted by molar-refractivity contribution is -0.199. The van der Waals surface area contributed by atoms with E-state index in [1.165, 1.54) is 10.6 Å². The average molecular weight is 285 g/mol. The van der Waals surface area contributed by atoms with Crippen LogP contribution in [0.4, 0.5) is 0 Å². The predicted octanol–water partition coefficient (Wildman–Crippen LogP) is 1.69. The molecule has 0 atom stereocenters. The summed E-state index contributed by atoms with van der Waals surface area (Å²) in [6.07, 6.45) is 2.28. The summed E-state index contributed by atoms with van der Waals surface area (Å²) < 4.78 is 0. The third-order valence-corrected chi connectivity index (χ3v) is 4.41. The first kappa shape index (κ1) is 14.1. The van der Waals surface area contributed by atoms with E-state index in [4.69, 9.17) is 10.1 Å². The third kappa shape index (κ3) is 2.92. The molecule has 2 heterocycles. The molecule has 0 bridgehead atoms. The molecule has 0 aliphatic carbocycles. The minimum absolute atomic E-state index is 0.0792. The molecule has 0 aromatic heterocycles. The predicted molar refractivity (Wildman–Crippen MR) is 76.9 cm³/mol. The van der Waals surface area contributed by atoms with Gasteiger partial charge in [0.25, 0.3) is 0 Å². The molecule has 2 aliphatic heterocycles. The van der Waals surface area contributed by atoms with Crippen molar-refractivity contribution in [1.29, 1.82) is 5.26 Å². The molecular weight excluding hydrogens is 266 g/mol. The number of piperidine rings is 1. The number of hydrogen-bond acceptors (Lipinski definition) is 4. The molecule has 0 radical (unpaired) electrons. The van der Waals surface area contributed by atoms with Crippen molar-refractivity contribution in [2.75, 3.05) is 20.1 Å². The molecule has 5 nitrogen and oxygen atoms in total. The van der Waals surface area contributed by atoms with E-state index in [0.717, 1.165) is 32.5 Å². The number of amides is 1. The van der Waals surface area contributed by atoms with Crippen LogP contribution in [0.15, 0.2) is 24.3 Å². The molecule has 21 heavy (non-hydrogen) atoms. The summed E-state index contributed by atoms with van der Waals surface area (Å²) in [4.78, 5) is 19.8.